The zero-order valence-electron chi connectivity index (χ0n) is 13.4. The van der Waals surface area contributed by atoms with Crippen molar-refractivity contribution in [3.05, 3.63) is 29.8 Å². The van der Waals surface area contributed by atoms with Gasteiger partial charge in [0, 0.05) is 18.3 Å². The van der Waals surface area contributed by atoms with E-state index in [1.807, 2.05) is 24.3 Å². The Morgan fingerprint density at radius 3 is 2.48 bits per heavy atom. The van der Waals surface area contributed by atoms with Gasteiger partial charge in [-0.05, 0) is 58.7 Å². The highest BCUT2D eigenvalue weighted by Crippen LogP contribution is 2.28. The van der Waals surface area contributed by atoms with E-state index in [0.29, 0.717) is 6.04 Å². The number of anilines is 1. The van der Waals surface area contributed by atoms with E-state index >= 15 is 0 Å². The molecule has 1 fully saturated rings. The number of primary amides is 1. The summed E-state index contributed by atoms with van der Waals surface area (Å²) in [6, 6.07) is 8.64. The molecule has 0 saturated carbocycles. The Hall–Kier alpha value is -1.55. The van der Waals surface area contributed by atoms with Crippen molar-refractivity contribution in [2.45, 2.75) is 51.6 Å². The summed E-state index contributed by atoms with van der Waals surface area (Å²) in [6.45, 7) is 8.39. The van der Waals surface area contributed by atoms with Crippen molar-refractivity contribution in [3.8, 4) is 0 Å². The summed E-state index contributed by atoms with van der Waals surface area (Å²) in [5, 5.41) is 3.42. The predicted molar refractivity (Wildman–Crippen MR) is 87.3 cm³/mol. The molecule has 2 rings (SSSR count). The molecule has 0 radical (unpaired) electrons. The van der Waals surface area contributed by atoms with Crippen LogP contribution >= 0.6 is 0 Å². The Kier molecular flexibility index (Phi) is 4.88. The van der Waals surface area contributed by atoms with Crippen LogP contribution in [0.3, 0.4) is 0 Å². The molecular formula is C17H27N3O. The number of rotatable bonds is 4. The van der Waals surface area contributed by atoms with Gasteiger partial charge in [-0.2, -0.15) is 0 Å². The number of carbonyl (C=O) groups excluding carboxylic acids is 1. The number of hydrogen-bond donors (Lipinski definition) is 2. The molecular weight excluding hydrogens is 262 g/mol. The molecule has 21 heavy (non-hydrogen) atoms. The summed E-state index contributed by atoms with van der Waals surface area (Å²) in [4.78, 5) is 14.5. The lowest BCUT2D eigenvalue weighted by molar-refractivity contribution is -0.122. The Labute approximate surface area is 127 Å². The molecule has 1 aromatic carbocycles. The van der Waals surface area contributed by atoms with Gasteiger partial charge in [-0.3, -0.25) is 4.79 Å². The van der Waals surface area contributed by atoms with Crippen LogP contribution in [0.5, 0.6) is 0 Å². The average Bonchev–Trinajstić information content (AvgIpc) is 2.65. The maximum absolute atomic E-state index is 12.1. The first-order valence-electron chi connectivity index (χ1n) is 7.82. The van der Waals surface area contributed by atoms with Crippen molar-refractivity contribution in [1.29, 1.82) is 0 Å². The molecule has 116 valence electrons. The molecule has 1 aromatic rings. The van der Waals surface area contributed by atoms with Crippen molar-refractivity contribution >= 4 is 11.6 Å². The summed E-state index contributed by atoms with van der Waals surface area (Å²) in [6.07, 6.45) is 2.54. The lowest BCUT2D eigenvalue weighted by Crippen LogP contribution is -2.51. The standard InChI is InChI=1S/C17H27N3O/c1-13(2)20-11-4-9-17(10-12-20,16(18)21)19-15-7-5-14(3)6-8-15/h5-8,13,19H,4,9-12H2,1-3H3,(H2,18,21). The molecule has 3 N–H and O–H groups in total. The maximum Gasteiger partial charge on any atom is 0.243 e. The minimum Gasteiger partial charge on any atom is -0.371 e. The van der Waals surface area contributed by atoms with Gasteiger partial charge in [-0.25, -0.2) is 0 Å². The van der Waals surface area contributed by atoms with Crippen LogP contribution in [0.2, 0.25) is 0 Å². The topological polar surface area (TPSA) is 58.4 Å². The number of nitrogens with one attached hydrogen (secondary N) is 1. The van der Waals surface area contributed by atoms with Crippen LogP contribution in [0.1, 0.15) is 38.7 Å². The first-order valence-corrected chi connectivity index (χ1v) is 7.82. The van der Waals surface area contributed by atoms with Gasteiger partial charge in [-0.15, -0.1) is 0 Å². The highest BCUT2D eigenvalue weighted by atomic mass is 16.1. The van der Waals surface area contributed by atoms with Gasteiger partial charge in [-0.1, -0.05) is 17.7 Å². The predicted octanol–water partition coefficient (Wildman–Crippen LogP) is 2.53. The summed E-state index contributed by atoms with van der Waals surface area (Å²) in [7, 11) is 0. The molecule has 1 amide bonds. The molecule has 1 atom stereocenters. The van der Waals surface area contributed by atoms with E-state index in [0.717, 1.165) is 38.0 Å². The lowest BCUT2D eigenvalue weighted by Gasteiger charge is -2.32. The minimum atomic E-state index is -0.626. The minimum absolute atomic E-state index is 0.242. The molecule has 1 aliphatic heterocycles. The van der Waals surface area contributed by atoms with E-state index in [4.69, 9.17) is 5.73 Å². The number of nitrogens with zero attached hydrogens (tertiary/aromatic N) is 1. The molecule has 1 unspecified atom stereocenters. The average molecular weight is 289 g/mol. The van der Waals surface area contributed by atoms with Crippen LogP contribution in [0.25, 0.3) is 0 Å². The second-order valence-corrected chi connectivity index (χ2v) is 6.42. The third-order valence-corrected chi connectivity index (χ3v) is 4.51. The van der Waals surface area contributed by atoms with Gasteiger partial charge in [0.1, 0.15) is 5.54 Å². The number of aryl methyl sites for hydroxylation is 1. The van der Waals surface area contributed by atoms with Gasteiger partial charge in [0.2, 0.25) is 5.91 Å². The highest BCUT2D eigenvalue weighted by molar-refractivity contribution is 5.88. The first kappa shape index (κ1) is 15.8. The van der Waals surface area contributed by atoms with Gasteiger partial charge in [0.05, 0.1) is 0 Å². The molecule has 0 aromatic heterocycles. The lowest BCUT2D eigenvalue weighted by atomic mass is 9.89. The van der Waals surface area contributed by atoms with Gasteiger partial charge in [0.25, 0.3) is 0 Å². The fourth-order valence-electron chi connectivity index (χ4n) is 3.02. The fourth-order valence-corrected chi connectivity index (χ4v) is 3.02. The van der Waals surface area contributed by atoms with Crippen LogP contribution in [0, 0.1) is 6.92 Å². The number of carbonyl (C=O) groups is 1. The van der Waals surface area contributed by atoms with E-state index < -0.39 is 5.54 Å². The summed E-state index contributed by atoms with van der Waals surface area (Å²) in [5.41, 5.74) is 7.30. The normalized spacial score (nSPS) is 23.8. The molecule has 4 heteroatoms. The first-order chi connectivity index (χ1) is 9.93. The van der Waals surface area contributed by atoms with E-state index in [1.54, 1.807) is 0 Å². The fraction of sp³-hybridized carbons (Fsp3) is 0.588. The van der Waals surface area contributed by atoms with Crippen molar-refractivity contribution in [3.63, 3.8) is 0 Å². The highest BCUT2D eigenvalue weighted by Gasteiger charge is 2.38. The molecule has 0 spiro atoms. The van der Waals surface area contributed by atoms with Crippen molar-refractivity contribution in [1.82, 2.24) is 4.90 Å². The number of likely N-dealkylation sites (tertiary alicyclic amines) is 1. The van der Waals surface area contributed by atoms with Gasteiger partial charge in [0.15, 0.2) is 0 Å². The van der Waals surface area contributed by atoms with E-state index in [1.165, 1.54) is 5.56 Å². The van der Waals surface area contributed by atoms with Crippen molar-refractivity contribution in [2.24, 2.45) is 5.73 Å². The van der Waals surface area contributed by atoms with Crippen LogP contribution in [0.4, 0.5) is 5.69 Å². The summed E-state index contributed by atoms with van der Waals surface area (Å²) >= 11 is 0. The zero-order chi connectivity index (χ0) is 15.5. The number of nitrogens with two attached hydrogens (primary N) is 1. The molecule has 1 saturated heterocycles. The third kappa shape index (κ3) is 3.76. The van der Waals surface area contributed by atoms with Gasteiger partial charge >= 0.3 is 0 Å². The van der Waals surface area contributed by atoms with E-state index in [-0.39, 0.29) is 5.91 Å². The molecule has 4 nitrogen and oxygen atoms in total. The summed E-state index contributed by atoms with van der Waals surface area (Å²) < 4.78 is 0. The molecule has 0 aliphatic carbocycles. The van der Waals surface area contributed by atoms with Crippen LogP contribution in [0.15, 0.2) is 24.3 Å². The Bertz CT molecular complexity index is 483. The summed E-state index contributed by atoms with van der Waals surface area (Å²) in [5.74, 6) is -0.242. The molecule has 0 bridgehead atoms. The third-order valence-electron chi connectivity index (χ3n) is 4.51. The Morgan fingerprint density at radius 2 is 1.90 bits per heavy atom. The number of benzene rings is 1. The Morgan fingerprint density at radius 1 is 1.24 bits per heavy atom. The quantitative estimate of drug-likeness (QED) is 0.895. The second kappa shape index (κ2) is 6.48. The maximum atomic E-state index is 12.1. The smallest absolute Gasteiger partial charge is 0.243 e. The van der Waals surface area contributed by atoms with E-state index in [2.05, 4.69) is 31.0 Å². The zero-order valence-corrected chi connectivity index (χ0v) is 13.4. The molecule has 1 aliphatic rings. The van der Waals surface area contributed by atoms with Gasteiger partial charge < -0.3 is 16.0 Å². The van der Waals surface area contributed by atoms with Crippen LogP contribution in [-0.4, -0.2) is 35.5 Å². The largest absolute Gasteiger partial charge is 0.371 e. The van der Waals surface area contributed by atoms with E-state index in [9.17, 15) is 4.79 Å². The monoisotopic (exact) mass is 289 g/mol. The van der Waals surface area contributed by atoms with Crippen LogP contribution in [-0.2, 0) is 4.79 Å². The number of hydrogen-bond acceptors (Lipinski definition) is 3. The number of amides is 1. The van der Waals surface area contributed by atoms with Crippen LogP contribution < -0.4 is 11.1 Å². The molecule has 1 heterocycles. The second-order valence-electron chi connectivity index (χ2n) is 6.42. The van der Waals surface area contributed by atoms with Crippen molar-refractivity contribution in [2.75, 3.05) is 18.4 Å². The SMILES string of the molecule is Cc1ccc(NC2(C(N)=O)CCCN(C(C)C)CC2)cc1. The Balaban J connectivity index is 2.17. The van der Waals surface area contributed by atoms with Crippen molar-refractivity contribution < 1.29 is 4.79 Å².